The molecule has 1 N–H and O–H groups in total. The number of carbonyl (C=O) groups excluding carboxylic acids is 1. The number of hydrogen-bond acceptors (Lipinski definition) is 4. The number of carbonyl (C=O) groups is 1. The maximum Gasteiger partial charge on any atom is 0.264 e. The van der Waals surface area contributed by atoms with Gasteiger partial charge in [0.05, 0.1) is 5.69 Å². The van der Waals surface area contributed by atoms with E-state index in [9.17, 15) is 4.79 Å². The van der Waals surface area contributed by atoms with Crippen LogP contribution in [0.25, 0.3) is 11.3 Å². The molecule has 0 spiro atoms. The first-order chi connectivity index (χ1) is 12.8. The van der Waals surface area contributed by atoms with E-state index in [1.807, 2.05) is 57.2 Å². The molecule has 1 heterocycles. The van der Waals surface area contributed by atoms with Gasteiger partial charge in [-0.05, 0) is 56.2 Å². The van der Waals surface area contributed by atoms with Crippen molar-refractivity contribution in [1.82, 2.24) is 4.98 Å². The van der Waals surface area contributed by atoms with E-state index in [0.29, 0.717) is 5.13 Å². The van der Waals surface area contributed by atoms with Crippen molar-refractivity contribution in [2.75, 3.05) is 11.9 Å². The Morgan fingerprint density at radius 1 is 1.07 bits per heavy atom. The van der Waals surface area contributed by atoms with Crippen LogP contribution in [0.2, 0.25) is 0 Å². The highest BCUT2D eigenvalue weighted by Crippen LogP contribution is 2.31. The van der Waals surface area contributed by atoms with E-state index >= 15 is 0 Å². The maximum absolute atomic E-state index is 12.3. The van der Waals surface area contributed by atoms with Crippen molar-refractivity contribution in [3.8, 4) is 17.0 Å². The molecule has 2 aromatic carbocycles. The predicted octanol–water partition coefficient (Wildman–Crippen LogP) is 6.28. The van der Waals surface area contributed by atoms with E-state index in [-0.39, 0.29) is 12.5 Å². The molecule has 1 amide bonds. The van der Waals surface area contributed by atoms with Gasteiger partial charge in [-0.2, -0.15) is 0 Å². The van der Waals surface area contributed by atoms with Crippen molar-refractivity contribution in [3.63, 3.8) is 0 Å². The number of rotatable bonds is 5. The Bertz CT molecular complexity index is 961. The third-order valence-corrected chi connectivity index (χ3v) is 5.81. The van der Waals surface area contributed by atoms with Gasteiger partial charge in [-0.15, -0.1) is 11.3 Å². The summed E-state index contributed by atoms with van der Waals surface area (Å²) in [4.78, 5) is 17.9. The van der Waals surface area contributed by atoms with Crippen LogP contribution in [-0.2, 0) is 4.79 Å². The van der Waals surface area contributed by atoms with Crippen LogP contribution in [0.1, 0.15) is 16.0 Å². The number of hydrogen-bond donors (Lipinski definition) is 1. The molecular weight excluding hydrogens is 492 g/mol. The van der Waals surface area contributed by atoms with Crippen LogP contribution in [-0.4, -0.2) is 17.5 Å². The van der Waals surface area contributed by atoms with Gasteiger partial charge in [-0.3, -0.25) is 10.1 Å². The lowest BCUT2D eigenvalue weighted by Crippen LogP contribution is -2.20. The summed E-state index contributed by atoms with van der Waals surface area (Å²) in [7, 11) is 0. The largest absolute Gasteiger partial charge is 0.483 e. The zero-order chi connectivity index (χ0) is 19.6. The highest BCUT2D eigenvalue weighted by molar-refractivity contribution is 9.10. The van der Waals surface area contributed by atoms with E-state index < -0.39 is 0 Å². The fourth-order valence-corrected chi connectivity index (χ4v) is 4.55. The van der Waals surface area contributed by atoms with Crippen molar-refractivity contribution in [1.29, 1.82) is 0 Å². The molecule has 0 saturated carbocycles. The second kappa shape index (κ2) is 8.54. The van der Waals surface area contributed by atoms with Crippen LogP contribution >= 0.6 is 43.2 Å². The summed E-state index contributed by atoms with van der Waals surface area (Å²) in [6.07, 6.45) is 0. The number of nitrogens with one attached hydrogen (secondary N) is 1. The topological polar surface area (TPSA) is 51.2 Å². The lowest BCUT2D eigenvalue weighted by molar-refractivity contribution is -0.118. The average Bonchev–Trinajstić information content (AvgIpc) is 2.94. The van der Waals surface area contributed by atoms with Crippen LogP contribution in [0.3, 0.4) is 0 Å². The second-order valence-electron chi connectivity index (χ2n) is 6.14. The second-order valence-corrected chi connectivity index (χ2v) is 9.17. The highest BCUT2D eigenvalue weighted by Gasteiger charge is 2.13. The van der Waals surface area contributed by atoms with Gasteiger partial charge in [0.1, 0.15) is 5.75 Å². The van der Waals surface area contributed by atoms with E-state index in [4.69, 9.17) is 4.74 Å². The summed E-state index contributed by atoms with van der Waals surface area (Å²) < 4.78 is 7.74. The van der Waals surface area contributed by atoms with Crippen LogP contribution in [0, 0.1) is 20.8 Å². The number of thiazole rings is 1. The van der Waals surface area contributed by atoms with Crippen molar-refractivity contribution in [2.45, 2.75) is 20.8 Å². The number of amides is 1. The lowest BCUT2D eigenvalue weighted by Gasteiger charge is -2.12. The first kappa shape index (κ1) is 20.0. The summed E-state index contributed by atoms with van der Waals surface area (Å²) in [5.41, 5.74) is 3.86. The Morgan fingerprint density at radius 2 is 1.70 bits per heavy atom. The Morgan fingerprint density at radius 3 is 2.33 bits per heavy atom. The van der Waals surface area contributed by atoms with Crippen molar-refractivity contribution >= 4 is 54.2 Å². The van der Waals surface area contributed by atoms with E-state index in [0.717, 1.165) is 42.0 Å². The number of aryl methyl sites for hydroxylation is 3. The molecule has 0 aliphatic heterocycles. The van der Waals surface area contributed by atoms with Gasteiger partial charge in [0.25, 0.3) is 5.91 Å². The fourth-order valence-electron chi connectivity index (χ4n) is 2.74. The number of halogens is 2. The molecule has 0 radical (unpaired) electrons. The Kier molecular flexibility index (Phi) is 6.34. The molecule has 140 valence electrons. The van der Waals surface area contributed by atoms with Crippen LogP contribution in [0.5, 0.6) is 5.75 Å². The van der Waals surface area contributed by atoms with Gasteiger partial charge in [-0.1, -0.05) is 44.0 Å². The van der Waals surface area contributed by atoms with Crippen LogP contribution < -0.4 is 10.1 Å². The molecule has 3 rings (SSSR count). The number of nitrogens with zero attached hydrogens (tertiary/aromatic N) is 1. The molecule has 0 atom stereocenters. The first-order valence-corrected chi connectivity index (χ1v) is 10.7. The number of anilines is 1. The van der Waals surface area contributed by atoms with Crippen molar-refractivity contribution < 1.29 is 9.53 Å². The summed E-state index contributed by atoms with van der Waals surface area (Å²) in [6, 6.07) is 11.9. The smallest absolute Gasteiger partial charge is 0.264 e. The third-order valence-electron chi connectivity index (χ3n) is 3.93. The monoisotopic (exact) mass is 508 g/mol. The predicted molar refractivity (Wildman–Crippen MR) is 118 cm³/mol. The minimum atomic E-state index is -0.229. The molecule has 4 nitrogen and oxygen atoms in total. The molecule has 0 bridgehead atoms. The number of aromatic nitrogens is 1. The Hall–Kier alpha value is -1.70. The molecule has 0 unspecified atom stereocenters. The zero-order valence-corrected chi connectivity index (χ0v) is 19.1. The van der Waals surface area contributed by atoms with Gasteiger partial charge in [0.2, 0.25) is 0 Å². The highest BCUT2D eigenvalue weighted by atomic mass is 79.9. The molecule has 3 aromatic rings. The zero-order valence-electron chi connectivity index (χ0n) is 15.1. The average molecular weight is 510 g/mol. The Balaban J connectivity index is 1.67. The van der Waals surface area contributed by atoms with Crippen molar-refractivity contribution in [2.24, 2.45) is 0 Å². The summed E-state index contributed by atoms with van der Waals surface area (Å²) in [6.45, 7) is 5.85. The molecule has 1 aromatic heterocycles. The van der Waals surface area contributed by atoms with Gasteiger partial charge >= 0.3 is 0 Å². The van der Waals surface area contributed by atoms with E-state index in [1.54, 1.807) is 0 Å². The van der Waals surface area contributed by atoms with Gasteiger partial charge in [-0.25, -0.2) is 4.98 Å². The molecule has 27 heavy (non-hydrogen) atoms. The van der Waals surface area contributed by atoms with E-state index in [2.05, 4.69) is 42.2 Å². The SMILES string of the molecule is Cc1cc(Br)cc(C)c1OCC(=O)Nc1nc(-c2ccc(Br)cc2)c(C)s1. The molecular formula is C20H18Br2N2O2S. The van der Waals surface area contributed by atoms with Gasteiger partial charge in [0.15, 0.2) is 11.7 Å². The minimum Gasteiger partial charge on any atom is -0.483 e. The fraction of sp³-hybridized carbons (Fsp3) is 0.200. The number of ether oxygens (including phenoxy) is 1. The molecule has 0 fully saturated rings. The standard InChI is InChI=1S/C20H18Br2N2O2S/c1-11-8-16(22)9-12(2)19(11)26-10-17(25)23-20-24-18(13(3)27-20)14-4-6-15(21)7-5-14/h4-9H,10H2,1-3H3,(H,23,24,25). The summed E-state index contributed by atoms with van der Waals surface area (Å²) in [5.74, 6) is 0.507. The normalized spacial score (nSPS) is 10.7. The van der Waals surface area contributed by atoms with E-state index in [1.165, 1.54) is 11.3 Å². The lowest BCUT2D eigenvalue weighted by atomic mass is 10.1. The third kappa shape index (κ3) is 4.97. The van der Waals surface area contributed by atoms with Crippen LogP contribution in [0.4, 0.5) is 5.13 Å². The van der Waals surface area contributed by atoms with Crippen molar-refractivity contribution in [3.05, 3.63) is 61.3 Å². The quantitative estimate of drug-likeness (QED) is 0.440. The summed E-state index contributed by atoms with van der Waals surface area (Å²) >= 11 is 8.35. The number of benzene rings is 2. The Labute approximate surface area is 179 Å². The minimum absolute atomic E-state index is 0.0600. The maximum atomic E-state index is 12.3. The molecule has 0 saturated heterocycles. The molecule has 0 aliphatic carbocycles. The van der Waals surface area contributed by atoms with Gasteiger partial charge < -0.3 is 4.74 Å². The molecule has 0 aliphatic rings. The van der Waals surface area contributed by atoms with Crippen LogP contribution in [0.15, 0.2) is 45.3 Å². The van der Waals surface area contributed by atoms with Gasteiger partial charge in [0, 0.05) is 19.4 Å². The first-order valence-electron chi connectivity index (χ1n) is 8.26. The summed E-state index contributed by atoms with van der Waals surface area (Å²) in [5, 5.41) is 3.40. The molecule has 7 heteroatoms.